The quantitative estimate of drug-likeness (QED) is 0.524. The summed E-state index contributed by atoms with van der Waals surface area (Å²) in [7, 11) is 0. The van der Waals surface area contributed by atoms with Crippen LogP contribution in [-0.4, -0.2) is 20.2 Å². The Morgan fingerprint density at radius 1 is 1.19 bits per heavy atom. The number of nitrogens with zero attached hydrogens (tertiary/aromatic N) is 4. The standard InChI is InChI=1S/C19H15N7/c20-6-4-12-2-1-3-13(8-12)16-10-15(9-14-11-23-26-18(14)16)24-17-5-7-22-19(21)25-17/h1-3,5,7-11H,4H2,(H,23,26)(H3,21,22,24,25). The van der Waals surface area contributed by atoms with E-state index in [1.807, 2.05) is 36.4 Å². The third-order valence-electron chi connectivity index (χ3n) is 4.02. The predicted molar refractivity (Wildman–Crippen MR) is 101 cm³/mol. The van der Waals surface area contributed by atoms with Gasteiger partial charge >= 0.3 is 0 Å². The van der Waals surface area contributed by atoms with Crippen molar-refractivity contribution in [2.75, 3.05) is 11.1 Å². The van der Waals surface area contributed by atoms with E-state index >= 15 is 0 Å². The summed E-state index contributed by atoms with van der Waals surface area (Å²) >= 11 is 0. The first-order valence-electron chi connectivity index (χ1n) is 8.02. The van der Waals surface area contributed by atoms with Gasteiger partial charge in [0.2, 0.25) is 5.95 Å². The number of hydrogen-bond donors (Lipinski definition) is 3. The highest BCUT2D eigenvalue weighted by Gasteiger charge is 2.10. The lowest BCUT2D eigenvalue weighted by Crippen LogP contribution is -1.99. The molecule has 0 atom stereocenters. The smallest absolute Gasteiger partial charge is 0.221 e. The molecule has 0 aliphatic rings. The number of hydrogen-bond acceptors (Lipinski definition) is 6. The third-order valence-corrected chi connectivity index (χ3v) is 4.02. The summed E-state index contributed by atoms with van der Waals surface area (Å²) in [6.07, 6.45) is 3.75. The lowest BCUT2D eigenvalue weighted by Gasteiger charge is -2.10. The van der Waals surface area contributed by atoms with Crippen LogP contribution in [-0.2, 0) is 6.42 Å². The molecule has 0 bridgehead atoms. The average Bonchev–Trinajstić information content (AvgIpc) is 3.10. The summed E-state index contributed by atoms with van der Waals surface area (Å²) in [4.78, 5) is 8.07. The van der Waals surface area contributed by atoms with Gasteiger partial charge in [0, 0.05) is 22.8 Å². The largest absolute Gasteiger partial charge is 0.368 e. The number of fused-ring (bicyclic) bond motifs is 1. The zero-order chi connectivity index (χ0) is 17.9. The van der Waals surface area contributed by atoms with Crippen molar-refractivity contribution in [3.8, 4) is 17.2 Å². The molecular formula is C19H15N7. The van der Waals surface area contributed by atoms with Crippen molar-refractivity contribution < 1.29 is 0 Å². The molecule has 26 heavy (non-hydrogen) atoms. The molecule has 0 saturated heterocycles. The van der Waals surface area contributed by atoms with Crippen molar-refractivity contribution in [1.29, 1.82) is 5.26 Å². The Bertz CT molecular complexity index is 1120. The molecule has 126 valence electrons. The summed E-state index contributed by atoms with van der Waals surface area (Å²) in [5, 5.41) is 20.4. The maximum atomic E-state index is 8.95. The van der Waals surface area contributed by atoms with Gasteiger partial charge in [0.25, 0.3) is 0 Å². The van der Waals surface area contributed by atoms with E-state index in [1.165, 1.54) is 0 Å². The van der Waals surface area contributed by atoms with E-state index in [9.17, 15) is 0 Å². The zero-order valence-electron chi connectivity index (χ0n) is 13.8. The first-order valence-corrected chi connectivity index (χ1v) is 8.02. The van der Waals surface area contributed by atoms with Gasteiger partial charge in [0.1, 0.15) is 5.82 Å². The van der Waals surface area contributed by atoms with Gasteiger partial charge in [0.05, 0.1) is 24.2 Å². The third kappa shape index (κ3) is 3.03. The van der Waals surface area contributed by atoms with Crippen LogP contribution in [0.15, 0.2) is 54.9 Å². The minimum absolute atomic E-state index is 0.212. The molecule has 0 saturated carbocycles. The first-order chi connectivity index (χ1) is 12.7. The lowest BCUT2D eigenvalue weighted by molar-refractivity contribution is 1.12. The highest BCUT2D eigenvalue weighted by atomic mass is 15.1. The molecule has 4 aromatic rings. The number of anilines is 3. The summed E-state index contributed by atoms with van der Waals surface area (Å²) in [6, 6.07) is 15.9. The molecule has 0 aliphatic carbocycles. The fraction of sp³-hybridized carbons (Fsp3) is 0.0526. The average molecular weight is 341 g/mol. The van der Waals surface area contributed by atoms with Gasteiger partial charge in [-0.25, -0.2) is 4.98 Å². The van der Waals surface area contributed by atoms with Gasteiger partial charge in [0.15, 0.2) is 0 Å². The molecule has 7 nitrogen and oxygen atoms in total. The fourth-order valence-electron chi connectivity index (χ4n) is 2.89. The SMILES string of the molecule is N#CCc1cccc(-c2cc(Nc3ccnc(N)n3)cc3cn[nH]c23)c1. The monoisotopic (exact) mass is 341 g/mol. The molecule has 0 spiro atoms. The Kier molecular flexibility index (Phi) is 3.92. The molecule has 2 aromatic carbocycles. The predicted octanol–water partition coefficient (Wildman–Crippen LogP) is 3.41. The number of nitriles is 1. The van der Waals surface area contributed by atoms with Crippen LogP contribution >= 0.6 is 0 Å². The van der Waals surface area contributed by atoms with Crippen molar-refractivity contribution >= 4 is 28.4 Å². The van der Waals surface area contributed by atoms with Gasteiger partial charge in [-0.05, 0) is 29.3 Å². The second-order valence-corrected chi connectivity index (χ2v) is 5.82. The number of nitrogens with one attached hydrogen (secondary N) is 2. The van der Waals surface area contributed by atoms with E-state index in [0.717, 1.165) is 33.3 Å². The molecule has 2 aromatic heterocycles. The second-order valence-electron chi connectivity index (χ2n) is 5.82. The van der Waals surface area contributed by atoms with Crippen molar-refractivity contribution in [3.05, 3.63) is 60.4 Å². The van der Waals surface area contributed by atoms with Gasteiger partial charge in [-0.15, -0.1) is 0 Å². The molecule has 0 radical (unpaired) electrons. The number of aromatic amines is 1. The Morgan fingerprint density at radius 2 is 2.12 bits per heavy atom. The molecule has 7 heteroatoms. The normalized spacial score (nSPS) is 10.6. The lowest BCUT2D eigenvalue weighted by atomic mass is 9.99. The van der Waals surface area contributed by atoms with E-state index in [-0.39, 0.29) is 5.95 Å². The van der Waals surface area contributed by atoms with E-state index in [4.69, 9.17) is 11.0 Å². The molecule has 4 N–H and O–H groups in total. The molecule has 0 aliphatic heterocycles. The van der Waals surface area contributed by atoms with Crippen LogP contribution in [0.5, 0.6) is 0 Å². The number of nitrogens with two attached hydrogens (primary N) is 1. The number of nitrogen functional groups attached to an aromatic ring is 1. The molecule has 0 fully saturated rings. The first kappa shape index (κ1) is 15.6. The van der Waals surface area contributed by atoms with Gasteiger partial charge in [-0.1, -0.05) is 24.3 Å². The van der Waals surface area contributed by atoms with E-state index in [2.05, 4.69) is 31.6 Å². The van der Waals surface area contributed by atoms with Crippen LogP contribution in [0.1, 0.15) is 5.56 Å². The number of aromatic nitrogens is 4. The van der Waals surface area contributed by atoms with Crippen molar-refractivity contribution in [1.82, 2.24) is 20.2 Å². The Hall–Kier alpha value is -3.92. The van der Waals surface area contributed by atoms with Gasteiger partial charge < -0.3 is 11.1 Å². The molecule has 2 heterocycles. The highest BCUT2D eigenvalue weighted by molar-refractivity contribution is 5.96. The minimum atomic E-state index is 0.212. The van der Waals surface area contributed by atoms with E-state index < -0.39 is 0 Å². The van der Waals surface area contributed by atoms with E-state index in [1.54, 1.807) is 18.5 Å². The van der Waals surface area contributed by atoms with Crippen LogP contribution in [0.4, 0.5) is 17.5 Å². The van der Waals surface area contributed by atoms with Crippen molar-refractivity contribution in [2.45, 2.75) is 6.42 Å². The highest BCUT2D eigenvalue weighted by Crippen LogP contribution is 2.32. The van der Waals surface area contributed by atoms with Gasteiger partial charge in [-0.2, -0.15) is 15.3 Å². The maximum absolute atomic E-state index is 8.95. The Morgan fingerprint density at radius 3 is 2.96 bits per heavy atom. The summed E-state index contributed by atoms with van der Waals surface area (Å²) < 4.78 is 0. The van der Waals surface area contributed by atoms with Crippen molar-refractivity contribution in [2.24, 2.45) is 0 Å². The molecule has 4 rings (SSSR count). The molecule has 0 unspecified atom stereocenters. The second kappa shape index (κ2) is 6.53. The summed E-state index contributed by atoms with van der Waals surface area (Å²) in [5.41, 5.74) is 10.4. The van der Waals surface area contributed by atoms with Crippen LogP contribution < -0.4 is 11.1 Å². The Labute approximate surface area is 149 Å². The van der Waals surface area contributed by atoms with Crippen LogP contribution in [0.3, 0.4) is 0 Å². The summed E-state index contributed by atoms with van der Waals surface area (Å²) in [5.74, 6) is 0.827. The minimum Gasteiger partial charge on any atom is -0.368 e. The maximum Gasteiger partial charge on any atom is 0.221 e. The van der Waals surface area contributed by atoms with Crippen LogP contribution in [0.25, 0.3) is 22.0 Å². The van der Waals surface area contributed by atoms with Gasteiger partial charge in [-0.3, -0.25) is 5.10 Å². The molecular weight excluding hydrogens is 326 g/mol. The fourth-order valence-corrected chi connectivity index (χ4v) is 2.89. The Balaban J connectivity index is 1.80. The zero-order valence-corrected chi connectivity index (χ0v) is 13.8. The molecule has 0 amide bonds. The number of rotatable bonds is 4. The number of benzene rings is 2. The summed E-state index contributed by atoms with van der Waals surface area (Å²) in [6.45, 7) is 0. The van der Waals surface area contributed by atoms with Crippen LogP contribution in [0, 0.1) is 11.3 Å². The van der Waals surface area contributed by atoms with E-state index in [0.29, 0.717) is 12.2 Å². The number of H-pyrrole nitrogens is 1. The van der Waals surface area contributed by atoms with Crippen LogP contribution in [0.2, 0.25) is 0 Å². The topological polar surface area (TPSA) is 116 Å². The van der Waals surface area contributed by atoms with Crippen molar-refractivity contribution in [3.63, 3.8) is 0 Å².